The van der Waals surface area contributed by atoms with Crippen LogP contribution in [0, 0.1) is 5.82 Å². The molecule has 116 valence electrons. The number of benzene rings is 1. The van der Waals surface area contributed by atoms with E-state index in [4.69, 9.17) is 11.6 Å². The van der Waals surface area contributed by atoms with E-state index in [0.717, 1.165) is 31.0 Å². The van der Waals surface area contributed by atoms with Gasteiger partial charge < -0.3 is 4.90 Å². The van der Waals surface area contributed by atoms with Crippen LogP contribution in [0.1, 0.15) is 19.8 Å². The van der Waals surface area contributed by atoms with Gasteiger partial charge in [-0.15, -0.1) is 0 Å². The highest BCUT2D eigenvalue weighted by Gasteiger charge is 2.27. The van der Waals surface area contributed by atoms with E-state index in [2.05, 4.69) is 4.72 Å². The lowest BCUT2D eigenvalue weighted by molar-refractivity contribution is -0.131. The van der Waals surface area contributed by atoms with Crippen molar-refractivity contribution in [2.24, 2.45) is 0 Å². The Bertz CT molecular complexity index is 645. The lowest BCUT2D eigenvalue weighted by Gasteiger charge is -2.21. The number of amides is 1. The Kier molecular flexibility index (Phi) is 4.85. The molecule has 1 aromatic carbocycles. The minimum absolute atomic E-state index is 0.171. The molecular weight excluding hydrogens is 319 g/mol. The number of sulfonamides is 1. The molecule has 0 aliphatic carbocycles. The topological polar surface area (TPSA) is 66.5 Å². The van der Waals surface area contributed by atoms with Crippen molar-refractivity contribution in [2.45, 2.75) is 30.7 Å². The summed E-state index contributed by atoms with van der Waals surface area (Å²) in [6, 6.07) is 2.23. The van der Waals surface area contributed by atoms with Gasteiger partial charge in [0, 0.05) is 13.1 Å². The summed E-state index contributed by atoms with van der Waals surface area (Å²) in [5, 5.41) is -0.281. The Balaban J connectivity index is 2.12. The van der Waals surface area contributed by atoms with Crippen LogP contribution in [-0.2, 0) is 14.8 Å². The maximum atomic E-state index is 13.1. The predicted octanol–water partition coefficient (Wildman–Crippen LogP) is 1.77. The van der Waals surface area contributed by atoms with Gasteiger partial charge in [-0.3, -0.25) is 4.79 Å². The third-order valence-corrected chi connectivity index (χ3v) is 5.15. The molecule has 1 amide bonds. The van der Waals surface area contributed by atoms with Gasteiger partial charge in [0.25, 0.3) is 0 Å². The first-order valence-electron chi connectivity index (χ1n) is 6.57. The third kappa shape index (κ3) is 3.72. The second-order valence-corrected chi connectivity index (χ2v) is 7.07. The van der Waals surface area contributed by atoms with Crippen molar-refractivity contribution < 1.29 is 17.6 Å². The maximum Gasteiger partial charge on any atom is 0.241 e. The molecule has 1 unspecified atom stereocenters. The summed E-state index contributed by atoms with van der Waals surface area (Å²) in [5.41, 5.74) is 0. The van der Waals surface area contributed by atoms with Gasteiger partial charge in [0.2, 0.25) is 15.9 Å². The zero-order chi connectivity index (χ0) is 15.6. The van der Waals surface area contributed by atoms with Crippen LogP contribution in [0.4, 0.5) is 4.39 Å². The standard InChI is InChI=1S/C13H16ClFN2O3S/c1-9(13(18)17-6-2-3-7-17)16-21(19,20)10-4-5-12(15)11(14)8-10/h4-5,8-9,16H,2-3,6-7H2,1H3. The van der Waals surface area contributed by atoms with E-state index in [0.29, 0.717) is 13.1 Å². The fourth-order valence-corrected chi connectivity index (χ4v) is 3.67. The molecule has 8 heteroatoms. The van der Waals surface area contributed by atoms with Crippen LogP contribution in [0.2, 0.25) is 5.02 Å². The summed E-state index contributed by atoms with van der Waals surface area (Å²) in [7, 11) is -3.92. The fourth-order valence-electron chi connectivity index (χ4n) is 2.21. The van der Waals surface area contributed by atoms with Gasteiger partial charge in [-0.25, -0.2) is 12.8 Å². The average molecular weight is 335 g/mol. The number of rotatable bonds is 4. The first kappa shape index (κ1) is 16.2. The summed E-state index contributed by atoms with van der Waals surface area (Å²) in [4.78, 5) is 13.5. The van der Waals surface area contributed by atoms with Gasteiger partial charge in [0.05, 0.1) is 16.0 Å². The molecule has 5 nitrogen and oxygen atoms in total. The quantitative estimate of drug-likeness (QED) is 0.912. The number of nitrogens with one attached hydrogen (secondary N) is 1. The van der Waals surface area contributed by atoms with Crippen LogP contribution in [0.3, 0.4) is 0 Å². The molecule has 2 rings (SSSR count). The molecule has 1 heterocycles. The minimum atomic E-state index is -3.92. The Hall–Kier alpha value is -1.18. The molecule has 21 heavy (non-hydrogen) atoms. The lowest BCUT2D eigenvalue weighted by Crippen LogP contribution is -2.45. The summed E-state index contributed by atoms with van der Waals surface area (Å²) in [6.07, 6.45) is 1.86. The molecule has 0 aromatic heterocycles. The average Bonchev–Trinajstić information content (AvgIpc) is 2.94. The first-order valence-corrected chi connectivity index (χ1v) is 8.43. The largest absolute Gasteiger partial charge is 0.341 e. The summed E-state index contributed by atoms with van der Waals surface area (Å²) < 4.78 is 39.7. The normalized spacial score (nSPS) is 17.0. The van der Waals surface area contributed by atoms with Crippen LogP contribution in [-0.4, -0.2) is 38.4 Å². The highest BCUT2D eigenvalue weighted by Crippen LogP contribution is 2.19. The number of carbonyl (C=O) groups excluding carboxylic acids is 1. The summed E-state index contributed by atoms with van der Waals surface area (Å²) >= 11 is 5.58. The maximum absolute atomic E-state index is 13.1. The van der Waals surface area contributed by atoms with E-state index >= 15 is 0 Å². The van der Waals surface area contributed by atoms with Gasteiger partial charge in [0.1, 0.15) is 5.82 Å². The molecule has 1 aliphatic rings. The van der Waals surface area contributed by atoms with Gasteiger partial charge in [-0.2, -0.15) is 4.72 Å². The molecule has 0 bridgehead atoms. The van der Waals surface area contributed by atoms with Crippen molar-refractivity contribution in [1.82, 2.24) is 9.62 Å². The molecular formula is C13H16ClFN2O3S. The van der Waals surface area contributed by atoms with E-state index in [1.165, 1.54) is 6.92 Å². The molecule has 1 atom stereocenters. The minimum Gasteiger partial charge on any atom is -0.341 e. The zero-order valence-corrected chi connectivity index (χ0v) is 13.0. The predicted molar refractivity (Wildman–Crippen MR) is 77.0 cm³/mol. The van der Waals surface area contributed by atoms with Gasteiger partial charge in [-0.05, 0) is 38.0 Å². The molecule has 0 spiro atoms. The monoisotopic (exact) mass is 334 g/mol. The Morgan fingerprint density at radius 2 is 2.00 bits per heavy atom. The van der Waals surface area contributed by atoms with Gasteiger partial charge in [0.15, 0.2) is 0 Å². The zero-order valence-electron chi connectivity index (χ0n) is 11.5. The van der Waals surface area contributed by atoms with Crippen LogP contribution in [0.15, 0.2) is 23.1 Å². The highest BCUT2D eigenvalue weighted by molar-refractivity contribution is 7.89. The highest BCUT2D eigenvalue weighted by atomic mass is 35.5. The number of likely N-dealkylation sites (tertiary alicyclic amines) is 1. The van der Waals surface area contributed by atoms with Crippen molar-refractivity contribution in [3.8, 4) is 0 Å². The van der Waals surface area contributed by atoms with Gasteiger partial charge >= 0.3 is 0 Å². The number of nitrogens with zero attached hydrogens (tertiary/aromatic N) is 1. The van der Waals surface area contributed by atoms with E-state index in [1.54, 1.807) is 4.90 Å². The number of hydrogen-bond donors (Lipinski definition) is 1. The van der Waals surface area contributed by atoms with Crippen LogP contribution in [0.5, 0.6) is 0 Å². The van der Waals surface area contributed by atoms with E-state index < -0.39 is 21.9 Å². The van der Waals surface area contributed by atoms with Crippen molar-refractivity contribution >= 4 is 27.5 Å². The van der Waals surface area contributed by atoms with E-state index in [9.17, 15) is 17.6 Å². The molecule has 1 aromatic rings. The van der Waals surface area contributed by atoms with Crippen LogP contribution < -0.4 is 4.72 Å². The molecule has 1 N–H and O–H groups in total. The number of halogens is 2. The van der Waals surface area contributed by atoms with E-state index in [1.807, 2.05) is 0 Å². The molecule has 0 saturated carbocycles. The molecule has 0 radical (unpaired) electrons. The van der Waals surface area contributed by atoms with Crippen LogP contribution >= 0.6 is 11.6 Å². The second-order valence-electron chi connectivity index (χ2n) is 4.95. The SMILES string of the molecule is CC(NS(=O)(=O)c1ccc(F)c(Cl)c1)C(=O)N1CCCC1. The van der Waals surface area contributed by atoms with Crippen molar-refractivity contribution in [3.63, 3.8) is 0 Å². The summed E-state index contributed by atoms with van der Waals surface area (Å²) in [5.74, 6) is -0.957. The fraction of sp³-hybridized carbons (Fsp3) is 0.462. The van der Waals surface area contributed by atoms with Crippen molar-refractivity contribution in [3.05, 3.63) is 29.0 Å². The van der Waals surface area contributed by atoms with Crippen molar-refractivity contribution in [2.75, 3.05) is 13.1 Å². The number of hydrogen-bond acceptors (Lipinski definition) is 3. The van der Waals surface area contributed by atoms with Crippen LogP contribution in [0.25, 0.3) is 0 Å². The van der Waals surface area contributed by atoms with Crippen molar-refractivity contribution in [1.29, 1.82) is 0 Å². The Morgan fingerprint density at radius 3 is 2.57 bits per heavy atom. The Morgan fingerprint density at radius 1 is 1.38 bits per heavy atom. The molecule has 1 saturated heterocycles. The third-order valence-electron chi connectivity index (χ3n) is 3.32. The van der Waals surface area contributed by atoms with Gasteiger partial charge in [-0.1, -0.05) is 11.6 Å². The number of carbonyl (C=O) groups is 1. The Labute approximate surface area is 128 Å². The molecule has 1 aliphatic heterocycles. The van der Waals surface area contributed by atoms with E-state index in [-0.39, 0.29) is 15.8 Å². The summed E-state index contributed by atoms with van der Waals surface area (Å²) in [6.45, 7) is 2.78. The second kappa shape index (κ2) is 6.29. The smallest absolute Gasteiger partial charge is 0.241 e. The molecule has 1 fully saturated rings. The first-order chi connectivity index (χ1) is 9.81. The lowest BCUT2D eigenvalue weighted by atomic mass is 10.3.